The number of thiocarbonyl (C=S) groups is 1. The van der Waals surface area contributed by atoms with Crippen LogP contribution in [0.5, 0.6) is 0 Å². The Kier molecular flexibility index (Phi) is 6.26. The van der Waals surface area contributed by atoms with E-state index in [1.54, 1.807) is 12.1 Å². The minimum absolute atomic E-state index is 0.00635. The molecule has 1 aliphatic carbocycles. The highest BCUT2D eigenvalue weighted by Crippen LogP contribution is 2.24. The molecule has 0 amide bonds. The average Bonchev–Trinajstić information content (AvgIpc) is 2.49. The maximum absolute atomic E-state index is 10.9. The molecule has 6 nitrogen and oxygen atoms in total. The van der Waals surface area contributed by atoms with Gasteiger partial charge in [-0.25, -0.2) is 0 Å². The van der Waals surface area contributed by atoms with Crippen LogP contribution in [0, 0.1) is 10.1 Å². The predicted octanol–water partition coefficient (Wildman–Crippen LogP) is 3.49. The van der Waals surface area contributed by atoms with Gasteiger partial charge in [0.1, 0.15) is 0 Å². The number of hydrazone groups is 1. The van der Waals surface area contributed by atoms with Crippen LogP contribution in [0.4, 0.5) is 5.69 Å². The van der Waals surface area contributed by atoms with Gasteiger partial charge in [-0.05, 0) is 47.1 Å². The van der Waals surface area contributed by atoms with E-state index in [0.29, 0.717) is 21.2 Å². The lowest BCUT2D eigenvalue weighted by Gasteiger charge is -2.23. The van der Waals surface area contributed by atoms with Crippen LogP contribution < -0.4 is 10.7 Å². The number of nitrogens with zero attached hydrogens (tertiary/aromatic N) is 2. The third-order valence-electron chi connectivity index (χ3n) is 3.49. The third-order valence-corrected chi connectivity index (χ3v) is 4.37. The molecule has 0 bridgehead atoms. The summed E-state index contributed by atoms with van der Waals surface area (Å²) in [6.45, 7) is 0. The molecule has 0 atom stereocenters. The van der Waals surface area contributed by atoms with Crippen LogP contribution in [-0.2, 0) is 0 Å². The molecule has 0 aromatic heterocycles. The van der Waals surface area contributed by atoms with Crippen molar-refractivity contribution in [3.05, 3.63) is 38.3 Å². The molecule has 22 heavy (non-hydrogen) atoms. The van der Waals surface area contributed by atoms with Crippen molar-refractivity contribution >= 4 is 45.2 Å². The summed E-state index contributed by atoms with van der Waals surface area (Å²) in [7, 11) is 0. The number of benzene rings is 1. The van der Waals surface area contributed by atoms with Crippen LogP contribution in [0.3, 0.4) is 0 Å². The molecule has 1 fully saturated rings. The SMILES string of the molecule is O=[N+]([O-])c1cc(/C=N\NC(=S)NC2CCCCC2)ccc1Br. The second-order valence-corrected chi connectivity index (χ2v) is 6.41. The lowest BCUT2D eigenvalue weighted by molar-refractivity contribution is -0.385. The van der Waals surface area contributed by atoms with Gasteiger partial charge in [-0.15, -0.1) is 0 Å². The molecule has 1 saturated carbocycles. The van der Waals surface area contributed by atoms with Gasteiger partial charge in [0.05, 0.1) is 15.6 Å². The van der Waals surface area contributed by atoms with Crippen molar-refractivity contribution in [3.8, 4) is 0 Å². The summed E-state index contributed by atoms with van der Waals surface area (Å²) in [4.78, 5) is 10.4. The molecule has 8 heteroatoms. The van der Waals surface area contributed by atoms with E-state index in [-0.39, 0.29) is 5.69 Å². The highest BCUT2D eigenvalue weighted by Gasteiger charge is 2.14. The first kappa shape index (κ1) is 16.8. The summed E-state index contributed by atoms with van der Waals surface area (Å²) in [6, 6.07) is 5.22. The highest BCUT2D eigenvalue weighted by molar-refractivity contribution is 9.10. The van der Waals surface area contributed by atoms with Crippen LogP contribution >= 0.6 is 28.1 Å². The highest BCUT2D eigenvalue weighted by atomic mass is 79.9. The maximum Gasteiger partial charge on any atom is 0.284 e. The van der Waals surface area contributed by atoms with Crippen LogP contribution in [0.2, 0.25) is 0 Å². The van der Waals surface area contributed by atoms with Crippen LogP contribution in [0.25, 0.3) is 0 Å². The monoisotopic (exact) mass is 384 g/mol. The largest absolute Gasteiger partial charge is 0.359 e. The summed E-state index contributed by atoms with van der Waals surface area (Å²) in [5, 5.41) is 18.6. The molecule has 0 spiro atoms. The fraction of sp³-hybridized carbons (Fsp3) is 0.429. The molecule has 0 heterocycles. The van der Waals surface area contributed by atoms with Crippen molar-refractivity contribution in [2.45, 2.75) is 38.1 Å². The lowest BCUT2D eigenvalue weighted by Crippen LogP contribution is -2.40. The van der Waals surface area contributed by atoms with Gasteiger partial charge in [0.15, 0.2) is 5.11 Å². The van der Waals surface area contributed by atoms with E-state index >= 15 is 0 Å². The fourth-order valence-electron chi connectivity index (χ4n) is 2.38. The number of nitrogens with one attached hydrogen (secondary N) is 2. The van der Waals surface area contributed by atoms with Gasteiger partial charge in [0.25, 0.3) is 5.69 Å². The predicted molar refractivity (Wildman–Crippen MR) is 94.1 cm³/mol. The topological polar surface area (TPSA) is 79.6 Å². The Morgan fingerprint density at radius 2 is 2.14 bits per heavy atom. The molecule has 0 radical (unpaired) electrons. The number of rotatable bonds is 4. The molecular weight excluding hydrogens is 368 g/mol. The van der Waals surface area contributed by atoms with Gasteiger partial charge in [-0.3, -0.25) is 15.5 Å². The molecule has 0 aliphatic heterocycles. The Labute approximate surface area is 142 Å². The zero-order valence-corrected chi connectivity index (χ0v) is 14.3. The Hall–Kier alpha value is -1.54. The molecule has 1 aromatic rings. The van der Waals surface area contributed by atoms with E-state index in [4.69, 9.17) is 12.2 Å². The fourth-order valence-corrected chi connectivity index (χ4v) is 2.99. The van der Waals surface area contributed by atoms with E-state index in [1.807, 2.05) is 0 Å². The molecule has 2 rings (SSSR count). The summed E-state index contributed by atoms with van der Waals surface area (Å²) >= 11 is 8.33. The van der Waals surface area contributed by atoms with E-state index < -0.39 is 4.92 Å². The molecule has 118 valence electrons. The summed E-state index contributed by atoms with van der Waals surface area (Å²) in [5.74, 6) is 0. The first-order valence-corrected chi connectivity index (χ1v) is 8.30. The van der Waals surface area contributed by atoms with Crippen molar-refractivity contribution in [1.29, 1.82) is 0 Å². The summed E-state index contributed by atoms with van der Waals surface area (Å²) in [6.07, 6.45) is 7.51. The normalized spacial score (nSPS) is 15.7. The number of hydrogen-bond acceptors (Lipinski definition) is 4. The molecule has 0 saturated heterocycles. The average molecular weight is 385 g/mol. The van der Waals surface area contributed by atoms with E-state index in [0.717, 1.165) is 12.8 Å². The van der Waals surface area contributed by atoms with Crippen LogP contribution in [0.1, 0.15) is 37.7 Å². The Morgan fingerprint density at radius 3 is 2.82 bits per heavy atom. The van der Waals surface area contributed by atoms with Gasteiger partial charge in [0, 0.05) is 17.7 Å². The summed E-state index contributed by atoms with van der Waals surface area (Å²) < 4.78 is 0.442. The Morgan fingerprint density at radius 1 is 1.41 bits per heavy atom. The van der Waals surface area contributed by atoms with Crippen LogP contribution in [0.15, 0.2) is 27.8 Å². The number of hydrogen-bond donors (Lipinski definition) is 2. The van der Waals surface area contributed by atoms with Gasteiger partial charge in [-0.2, -0.15) is 5.10 Å². The number of nitro benzene ring substituents is 1. The zero-order valence-electron chi connectivity index (χ0n) is 11.9. The minimum atomic E-state index is -0.440. The van der Waals surface area contributed by atoms with Gasteiger partial charge in [0.2, 0.25) is 0 Å². The van der Waals surface area contributed by atoms with Crippen molar-refractivity contribution in [2.24, 2.45) is 5.10 Å². The molecular formula is C14H17BrN4O2S. The zero-order chi connectivity index (χ0) is 15.9. The van der Waals surface area contributed by atoms with Crippen molar-refractivity contribution in [3.63, 3.8) is 0 Å². The minimum Gasteiger partial charge on any atom is -0.359 e. The first-order chi connectivity index (χ1) is 10.6. The third kappa shape index (κ3) is 5.03. The molecule has 2 N–H and O–H groups in total. The van der Waals surface area contributed by atoms with Crippen molar-refractivity contribution in [2.75, 3.05) is 0 Å². The number of halogens is 1. The lowest BCUT2D eigenvalue weighted by atomic mass is 9.96. The van der Waals surface area contributed by atoms with E-state index in [1.165, 1.54) is 31.5 Å². The van der Waals surface area contributed by atoms with Crippen molar-refractivity contribution < 1.29 is 4.92 Å². The Bertz CT molecular complexity index is 588. The maximum atomic E-state index is 10.9. The van der Waals surface area contributed by atoms with Gasteiger partial charge < -0.3 is 5.32 Å². The molecule has 0 unspecified atom stereocenters. The molecule has 1 aromatic carbocycles. The Balaban J connectivity index is 1.87. The van der Waals surface area contributed by atoms with Crippen LogP contribution in [-0.4, -0.2) is 22.3 Å². The van der Waals surface area contributed by atoms with Gasteiger partial charge in [-0.1, -0.05) is 25.3 Å². The van der Waals surface area contributed by atoms with Crippen molar-refractivity contribution in [1.82, 2.24) is 10.7 Å². The van der Waals surface area contributed by atoms with Gasteiger partial charge >= 0.3 is 0 Å². The standard InChI is InChI=1S/C14H17BrN4O2S/c15-12-7-6-10(8-13(12)19(20)21)9-16-18-14(22)17-11-4-2-1-3-5-11/h6-9,11H,1-5H2,(H2,17,18,22)/b16-9-. The summed E-state index contributed by atoms with van der Waals surface area (Å²) in [5.41, 5.74) is 3.38. The van der Waals surface area contributed by atoms with E-state index in [2.05, 4.69) is 31.8 Å². The van der Waals surface area contributed by atoms with E-state index in [9.17, 15) is 10.1 Å². The number of nitro groups is 1. The second-order valence-electron chi connectivity index (χ2n) is 5.15. The smallest absolute Gasteiger partial charge is 0.284 e. The second kappa shape index (κ2) is 8.19. The molecule has 1 aliphatic rings. The first-order valence-electron chi connectivity index (χ1n) is 7.10. The quantitative estimate of drug-likeness (QED) is 0.359.